The number of benzene rings is 1. The van der Waals surface area contributed by atoms with Crippen LogP contribution in [0.5, 0.6) is 0 Å². The van der Waals surface area contributed by atoms with E-state index < -0.39 is 10.0 Å². The first-order chi connectivity index (χ1) is 11.9. The molecular weight excluding hydrogens is 397 g/mol. The molecule has 1 aliphatic heterocycles. The van der Waals surface area contributed by atoms with Crippen LogP contribution in [0.15, 0.2) is 23.1 Å². The summed E-state index contributed by atoms with van der Waals surface area (Å²) in [5.41, 5.74) is -0.292. The minimum Gasteiger partial charge on any atom is -0.346 e. The zero-order chi connectivity index (χ0) is 19.7. The van der Waals surface area contributed by atoms with Crippen molar-refractivity contribution in [1.29, 1.82) is 0 Å². The molecule has 0 radical (unpaired) electrons. The molecular formula is C17H26Cl2N3O3S+. The Kier molecular flexibility index (Phi) is 6.62. The highest BCUT2D eigenvalue weighted by molar-refractivity contribution is 7.89. The molecule has 6 nitrogen and oxygen atoms in total. The summed E-state index contributed by atoms with van der Waals surface area (Å²) in [6, 6.07) is 4.17. The van der Waals surface area contributed by atoms with Crippen molar-refractivity contribution in [3.8, 4) is 0 Å². The van der Waals surface area contributed by atoms with Crippen molar-refractivity contribution in [2.75, 3.05) is 26.2 Å². The number of rotatable bonds is 4. The third-order valence-electron chi connectivity index (χ3n) is 4.38. The summed E-state index contributed by atoms with van der Waals surface area (Å²) >= 11 is 12.0. The van der Waals surface area contributed by atoms with Crippen molar-refractivity contribution in [2.45, 2.75) is 44.2 Å². The Bertz CT molecular complexity index is 770. The molecule has 1 saturated heterocycles. The molecule has 1 amide bonds. The summed E-state index contributed by atoms with van der Waals surface area (Å²) in [5.74, 6) is -0.0262. The highest BCUT2D eigenvalue weighted by Gasteiger charge is 2.36. The fraction of sp³-hybridized carbons (Fsp3) is 0.588. The summed E-state index contributed by atoms with van der Waals surface area (Å²) in [7, 11) is -3.71. The summed E-state index contributed by atoms with van der Waals surface area (Å²) in [6.45, 7) is 9.44. The molecule has 0 aromatic heterocycles. The number of nitrogens with zero attached hydrogens (tertiary/aromatic N) is 1. The predicted octanol–water partition coefficient (Wildman–Crippen LogP) is 1.19. The minimum absolute atomic E-state index is 0.0219. The van der Waals surface area contributed by atoms with E-state index in [1.165, 1.54) is 16.4 Å². The standard InChI is InChI=1S/C17H25Cl2N3O3S/c1-12(16(23)20-17(2,3)4)21-7-9-22(10-8-21)26(24,25)15-11-13(18)5-6-14(15)19/h5-6,11-12H,7-10H2,1-4H3,(H,20,23)/p+1/t12-/m0/s1. The molecule has 0 saturated carbocycles. The average Bonchev–Trinajstić information content (AvgIpc) is 2.54. The Morgan fingerprint density at radius 2 is 1.81 bits per heavy atom. The second-order valence-electron chi connectivity index (χ2n) is 7.60. The Morgan fingerprint density at radius 3 is 2.35 bits per heavy atom. The van der Waals surface area contributed by atoms with Crippen molar-refractivity contribution in [3.05, 3.63) is 28.2 Å². The van der Waals surface area contributed by atoms with Gasteiger partial charge >= 0.3 is 0 Å². The largest absolute Gasteiger partial charge is 0.346 e. The molecule has 1 fully saturated rings. The second-order valence-corrected chi connectivity index (χ2v) is 10.3. The van der Waals surface area contributed by atoms with E-state index in [-0.39, 0.29) is 27.4 Å². The molecule has 26 heavy (non-hydrogen) atoms. The van der Waals surface area contributed by atoms with Gasteiger partial charge in [0.1, 0.15) is 4.90 Å². The van der Waals surface area contributed by atoms with Gasteiger partial charge in [0, 0.05) is 10.6 Å². The SMILES string of the molecule is C[C@@H](C(=O)NC(C)(C)C)[NH+]1CCN(S(=O)(=O)c2cc(Cl)ccc2Cl)CC1. The number of carbonyl (C=O) groups is 1. The van der Waals surface area contributed by atoms with Crippen LogP contribution in [0, 0.1) is 0 Å². The smallest absolute Gasteiger partial charge is 0.278 e. The van der Waals surface area contributed by atoms with Gasteiger partial charge in [0.05, 0.1) is 31.2 Å². The highest BCUT2D eigenvalue weighted by atomic mass is 35.5. The zero-order valence-corrected chi connectivity index (χ0v) is 17.8. The lowest BCUT2D eigenvalue weighted by atomic mass is 10.1. The second kappa shape index (κ2) is 8.02. The van der Waals surface area contributed by atoms with Crippen LogP contribution in [0.2, 0.25) is 10.0 Å². The van der Waals surface area contributed by atoms with E-state index in [0.29, 0.717) is 31.2 Å². The van der Waals surface area contributed by atoms with Gasteiger partial charge in [0.2, 0.25) is 10.0 Å². The van der Waals surface area contributed by atoms with Gasteiger partial charge < -0.3 is 10.2 Å². The normalized spacial score (nSPS) is 18.5. The molecule has 1 aliphatic rings. The van der Waals surface area contributed by atoms with Gasteiger partial charge in [-0.3, -0.25) is 4.79 Å². The van der Waals surface area contributed by atoms with Crippen molar-refractivity contribution in [2.24, 2.45) is 0 Å². The number of carbonyl (C=O) groups excluding carboxylic acids is 1. The number of sulfonamides is 1. The van der Waals surface area contributed by atoms with E-state index in [1.807, 2.05) is 27.7 Å². The van der Waals surface area contributed by atoms with E-state index in [2.05, 4.69) is 5.32 Å². The molecule has 1 atom stereocenters. The lowest BCUT2D eigenvalue weighted by molar-refractivity contribution is -0.917. The van der Waals surface area contributed by atoms with Crippen molar-refractivity contribution in [1.82, 2.24) is 9.62 Å². The first-order valence-corrected chi connectivity index (χ1v) is 10.7. The van der Waals surface area contributed by atoms with Gasteiger partial charge in [-0.05, 0) is 45.9 Å². The molecule has 0 unspecified atom stereocenters. The van der Waals surface area contributed by atoms with Crippen molar-refractivity contribution >= 4 is 39.1 Å². The minimum atomic E-state index is -3.71. The number of amides is 1. The first kappa shape index (κ1) is 21.4. The molecule has 2 N–H and O–H groups in total. The molecule has 2 rings (SSSR count). The van der Waals surface area contributed by atoms with E-state index in [4.69, 9.17) is 23.2 Å². The fourth-order valence-electron chi connectivity index (χ4n) is 2.92. The summed E-state index contributed by atoms with van der Waals surface area (Å²) in [5, 5.41) is 3.45. The number of halogens is 2. The summed E-state index contributed by atoms with van der Waals surface area (Å²) in [4.78, 5) is 13.4. The maximum atomic E-state index is 12.9. The summed E-state index contributed by atoms with van der Waals surface area (Å²) < 4.78 is 27.1. The number of hydrogen-bond acceptors (Lipinski definition) is 3. The molecule has 1 aromatic rings. The third kappa shape index (κ3) is 5.10. The Hall–Kier alpha value is -0.860. The molecule has 1 heterocycles. The fourth-order valence-corrected chi connectivity index (χ4v) is 5.10. The van der Waals surface area contributed by atoms with E-state index in [1.54, 1.807) is 6.07 Å². The maximum absolute atomic E-state index is 12.9. The van der Waals surface area contributed by atoms with Gasteiger partial charge in [0.25, 0.3) is 5.91 Å². The van der Waals surface area contributed by atoms with Crippen LogP contribution in [0.3, 0.4) is 0 Å². The number of quaternary nitrogens is 1. The van der Waals surface area contributed by atoms with Crippen LogP contribution in [0.25, 0.3) is 0 Å². The zero-order valence-electron chi connectivity index (χ0n) is 15.5. The van der Waals surface area contributed by atoms with E-state index in [9.17, 15) is 13.2 Å². The Morgan fingerprint density at radius 1 is 1.23 bits per heavy atom. The topological polar surface area (TPSA) is 70.9 Å². The van der Waals surface area contributed by atoms with E-state index in [0.717, 1.165) is 4.90 Å². The Labute approximate surface area is 165 Å². The molecule has 9 heteroatoms. The maximum Gasteiger partial charge on any atom is 0.278 e. The first-order valence-electron chi connectivity index (χ1n) is 8.53. The van der Waals surface area contributed by atoms with Gasteiger partial charge in [-0.2, -0.15) is 4.31 Å². The van der Waals surface area contributed by atoms with Crippen molar-refractivity contribution in [3.63, 3.8) is 0 Å². The highest BCUT2D eigenvalue weighted by Crippen LogP contribution is 2.27. The van der Waals surface area contributed by atoms with Crippen LogP contribution < -0.4 is 10.2 Å². The van der Waals surface area contributed by atoms with Crippen LogP contribution in [0.4, 0.5) is 0 Å². The molecule has 1 aromatic carbocycles. The lowest BCUT2D eigenvalue weighted by Crippen LogP contribution is -3.19. The van der Waals surface area contributed by atoms with Gasteiger partial charge in [-0.25, -0.2) is 8.42 Å². The van der Waals surface area contributed by atoms with Gasteiger partial charge in [0.15, 0.2) is 6.04 Å². The molecule has 0 bridgehead atoms. The molecule has 0 aliphatic carbocycles. The quantitative estimate of drug-likeness (QED) is 0.765. The number of piperazine rings is 1. The summed E-state index contributed by atoms with van der Waals surface area (Å²) in [6.07, 6.45) is 0. The number of hydrogen-bond donors (Lipinski definition) is 2. The van der Waals surface area contributed by atoms with Crippen molar-refractivity contribution < 1.29 is 18.1 Å². The monoisotopic (exact) mass is 422 g/mol. The molecule has 146 valence electrons. The van der Waals surface area contributed by atoms with Gasteiger partial charge in [-0.15, -0.1) is 0 Å². The molecule has 0 spiro atoms. The van der Waals surface area contributed by atoms with E-state index >= 15 is 0 Å². The van der Waals surface area contributed by atoms with Crippen LogP contribution in [-0.4, -0.2) is 56.4 Å². The lowest BCUT2D eigenvalue weighted by Gasteiger charge is -2.35. The number of nitrogens with one attached hydrogen (secondary N) is 2. The van der Waals surface area contributed by atoms with Gasteiger partial charge in [-0.1, -0.05) is 23.2 Å². The predicted molar refractivity (Wildman–Crippen MR) is 103 cm³/mol. The average molecular weight is 423 g/mol. The van der Waals surface area contributed by atoms with Crippen LogP contribution in [-0.2, 0) is 14.8 Å². The van der Waals surface area contributed by atoms with Crippen LogP contribution >= 0.6 is 23.2 Å². The third-order valence-corrected chi connectivity index (χ3v) is 6.99. The van der Waals surface area contributed by atoms with Crippen LogP contribution in [0.1, 0.15) is 27.7 Å². The Balaban J connectivity index is 2.06.